The third-order valence-corrected chi connectivity index (χ3v) is 6.40. The minimum Gasteiger partial charge on any atom is -0.206 e. The quantitative estimate of drug-likeness (QED) is 0.291. The van der Waals surface area contributed by atoms with Gasteiger partial charge in [-0.25, -0.2) is 4.42 Å². The first-order chi connectivity index (χ1) is 15.3. The minimum absolute atomic E-state index is 0.401. The second kappa shape index (κ2) is 8.90. The molecule has 0 N–H and O–H groups in total. The molecule has 1 heteroatoms. The lowest BCUT2D eigenvalue weighted by molar-refractivity contribution is 0.585. The molecule has 1 aromatic heterocycles. The summed E-state index contributed by atoms with van der Waals surface area (Å²) in [4.78, 5) is 0. The molecule has 0 saturated heterocycles. The summed E-state index contributed by atoms with van der Waals surface area (Å²) in [5.41, 5.74) is 7.77. The first-order valence-corrected chi connectivity index (χ1v) is 11.9. The lowest BCUT2D eigenvalue weighted by Crippen LogP contribution is -2.04. The normalized spacial score (nSPS) is 11.8. The van der Waals surface area contributed by atoms with Gasteiger partial charge in [-0.3, -0.25) is 0 Å². The van der Waals surface area contributed by atoms with Crippen molar-refractivity contribution >= 4 is 10.8 Å². The van der Waals surface area contributed by atoms with E-state index < -0.39 is 0 Å². The van der Waals surface area contributed by atoms with Crippen LogP contribution in [0.15, 0.2) is 71.1 Å². The molecule has 4 rings (SSSR count). The first-order valence-electron chi connectivity index (χ1n) is 11.9. The van der Waals surface area contributed by atoms with E-state index in [1.807, 2.05) is 0 Å². The summed E-state index contributed by atoms with van der Waals surface area (Å²) in [6.07, 6.45) is 0. The number of aryl methyl sites for hydroxylation is 1. The highest BCUT2D eigenvalue weighted by atomic mass is 16.3. The number of hydrogen-bond acceptors (Lipinski definition) is 0. The molecule has 0 aliphatic carbocycles. The van der Waals surface area contributed by atoms with E-state index in [1.165, 1.54) is 38.6 Å². The van der Waals surface area contributed by atoms with Gasteiger partial charge in [-0.05, 0) is 59.6 Å². The Morgan fingerprint density at radius 2 is 1.25 bits per heavy atom. The van der Waals surface area contributed by atoms with E-state index in [0.29, 0.717) is 17.8 Å². The van der Waals surface area contributed by atoms with Crippen molar-refractivity contribution in [3.8, 4) is 22.6 Å². The highest BCUT2D eigenvalue weighted by Crippen LogP contribution is 2.43. The number of hydrogen-bond donors (Lipinski definition) is 0. The average Bonchev–Trinajstić information content (AvgIpc) is 2.77. The molecule has 0 spiro atoms. The topological polar surface area (TPSA) is 11.3 Å². The Morgan fingerprint density at radius 1 is 0.656 bits per heavy atom. The maximum Gasteiger partial charge on any atom is 0.369 e. The van der Waals surface area contributed by atoms with Gasteiger partial charge in [0, 0.05) is 5.39 Å². The third kappa shape index (κ3) is 4.21. The smallest absolute Gasteiger partial charge is 0.206 e. The molecular weight excluding hydrogens is 388 g/mol. The van der Waals surface area contributed by atoms with Crippen molar-refractivity contribution < 1.29 is 4.42 Å². The van der Waals surface area contributed by atoms with E-state index in [1.54, 1.807) is 0 Å². The number of rotatable bonds is 5. The molecule has 4 aromatic rings. The summed E-state index contributed by atoms with van der Waals surface area (Å²) in [5, 5.41) is 2.38. The largest absolute Gasteiger partial charge is 0.369 e. The third-order valence-electron chi connectivity index (χ3n) is 6.40. The van der Waals surface area contributed by atoms with E-state index in [-0.39, 0.29) is 0 Å². The van der Waals surface area contributed by atoms with Crippen LogP contribution >= 0.6 is 0 Å². The van der Waals surface area contributed by atoms with Crippen LogP contribution in [0.4, 0.5) is 0 Å². The van der Waals surface area contributed by atoms with Gasteiger partial charge in [-0.1, -0.05) is 89.6 Å². The van der Waals surface area contributed by atoms with E-state index in [2.05, 4.69) is 115 Å². The zero-order chi connectivity index (χ0) is 23.0. The molecule has 1 nitrogen and oxygen atoms in total. The van der Waals surface area contributed by atoms with E-state index in [9.17, 15) is 0 Å². The highest BCUT2D eigenvalue weighted by Gasteiger charge is 2.29. The molecule has 0 radical (unpaired) electrons. The Balaban J connectivity index is 2.10. The van der Waals surface area contributed by atoms with Crippen LogP contribution in [-0.4, -0.2) is 0 Å². The Hall–Kier alpha value is -2.93. The minimum atomic E-state index is 0.401. The van der Waals surface area contributed by atoms with Gasteiger partial charge in [0.15, 0.2) is 0 Å². The van der Waals surface area contributed by atoms with Gasteiger partial charge in [0.05, 0.1) is 22.6 Å². The standard InChI is InChI=1S/C31H35O/c1-19(2)25-16-27(20(3)4)30(28(17-25)21(5)6)31-26-11-9-8-10-24(26)18-29(32-31)23-14-12-22(7)13-15-23/h8-21H,1-7H3/q+1. The molecule has 0 atom stereocenters. The van der Waals surface area contributed by atoms with Crippen LogP contribution in [0.2, 0.25) is 0 Å². The van der Waals surface area contributed by atoms with Crippen LogP contribution in [0.1, 0.15) is 81.5 Å². The summed E-state index contributed by atoms with van der Waals surface area (Å²) in [6, 6.07) is 24.2. The zero-order valence-corrected chi connectivity index (χ0v) is 20.5. The van der Waals surface area contributed by atoms with Crippen molar-refractivity contribution in [1.29, 1.82) is 0 Å². The molecule has 0 aliphatic rings. The molecule has 0 fully saturated rings. The maximum absolute atomic E-state index is 6.78. The number of benzene rings is 3. The monoisotopic (exact) mass is 423 g/mol. The van der Waals surface area contributed by atoms with Gasteiger partial charge in [0.2, 0.25) is 0 Å². The van der Waals surface area contributed by atoms with Crippen LogP contribution in [0.5, 0.6) is 0 Å². The average molecular weight is 424 g/mol. The molecule has 0 saturated carbocycles. The predicted molar refractivity (Wildman–Crippen MR) is 138 cm³/mol. The molecular formula is C31H35O+. The van der Waals surface area contributed by atoms with Crippen molar-refractivity contribution in [2.24, 2.45) is 0 Å². The predicted octanol–water partition coefficient (Wildman–Crippen LogP) is 9.73. The van der Waals surface area contributed by atoms with E-state index >= 15 is 0 Å². The fraction of sp³-hybridized carbons (Fsp3) is 0.323. The molecule has 1 heterocycles. The summed E-state index contributed by atoms with van der Waals surface area (Å²) >= 11 is 0. The lowest BCUT2D eigenvalue weighted by atomic mass is 9.82. The summed E-state index contributed by atoms with van der Waals surface area (Å²) in [7, 11) is 0. The van der Waals surface area contributed by atoms with Crippen LogP contribution < -0.4 is 0 Å². The lowest BCUT2D eigenvalue weighted by Gasteiger charge is -2.20. The molecule has 0 bridgehead atoms. The first kappa shape index (κ1) is 22.3. The van der Waals surface area contributed by atoms with Gasteiger partial charge in [-0.2, -0.15) is 0 Å². The second-order valence-electron chi connectivity index (χ2n) is 9.93. The summed E-state index contributed by atoms with van der Waals surface area (Å²) < 4.78 is 6.78. The van der Waals surface area contributed by atoms with E-state index in [4.69, 9.17) is 4.42 Å². The van der Waals surface area contributed by atoms with Gasteiger partial charge in [0.25, 0.3) is 0 Å². The van der Waals surface area contributed by atoms with E-state index in [0.717, 1.165) is 17.1 Å². The molecule has 32 heavy (non-hydrogen) atoms. The Labute approximate surface area is 193 Å². The second-order valence-corrected chi connectivity index (χ2v) is 9.93. The molecule has 0 amide bonds. The van der Waals surface area contributed by atoms with Crippen molar-refractivity contribution in [3.63, 3.8) is 0 Å². The molecule has 0 unspecified atom stereocenters. The van der Waals surface area contributed by atoms with Crippen molar-refractivity contribution in [1.82, 2.24) is 0 Å². The summed E-state index contributed by atoms with van der Waals surface area (Å²) in [6.45, 7) is 15.8. The van der Waals surface area contributed by atoms with Crippen LogP contribution in [-0.2, 0) is 0 Å². The van der Waals surface area contributed by atoms with Crippen molar-refractivity contribution in [2.45, 2.75) is 66.2 Å². The summed E-state index contributed by atoms with van der Waals surface area (Å²) in [5.74, 6) is 3.19. The SMILES string of the molecule is Cc1ccc(-c2cc3ccccc3c(-c3c(C(C)C)cc(C(C)C)cc3C(C)C)[o+]2)cc1. The maximum atomic E-state index is 6.78. The Bertz CT molecular complexity index is 1210. The highest BCUT2D eigenvalue weighted by molar-refractivity contribution is 5.97. The van der Waals surface area contributed by atoms with Gasteiger partial charge in [0.1, 0.15) is 0 Å². The fourth-order valence-corrected chi connectivity index (χ4v) is 4.43. The van der Waals surface area contributed by atoms with Crippen LogP contribution in [0.3, 0.4) is 0 Å². The van der Waals surface area contributed by atoms with Gasteiger partial charge >= 0.3 is 11.5 Å². The molecule has 0 aliphatic heterocycles. The Kier molecular flexibility index (Phi) is 6.20. The van der Waals surface area contributed by atoms with Crippen LogP contribution in [0.25, 0.3) is 33.4 Å². The number of fused-ring (bicyclic) bond motifs is 1. The fourth-order valence-electron chi connectivity index (χ4n) is 4.43. The van der Waals surface area contributed by atoms with Gasteiger partial charge in [-0.15, -0.1) is 0 Å². The molecule has 164 valence electrons. The van der Waals surface area contributed by atoms with Crippen LogP contribution in [0, 0.1) is 6.92 Å². The zero-order valence-electron chi connectivity index (χ0n) is 20.5. The van der Waals surface area contributed by atoms with Gasteiger partial charge < -0.3 is 0 Å². The van der Waals surface area contributed by atoms with Crippen molar-refractivity contribution in [3.05, 3.63) is 89.0 Å². The van der Waals surface area contributed by atoms with Crippen molar-refractivity contribution in [2.75, 3.05) is 0 Å². The Morgan fingerprint density at radius 3 is 1.81 bits per heavy atom. The molecule has 3 aromatic carbocycles.